The third-order valence-corrected chi connectivity index (χ3v) is 4.25. The largest absolute Gasteiger partial charge is 0.359 e. The first-order valence-electron chi connectivity index (χ1n) is 8.98. The average molecular weight is 367 g/mol. The first-order valence-corrected chi connectivity index (χ1v) is 8.98. The van der Waals surface area contributed by atoms with Gasteiger partial charge in [0, 0.05) is 11.5 Å². The summed E-state index contributed by atoms with van der Waals surface area (Å²) in [6, 6.07) is 9.70. The summed E-state index contributed by atoms with van der Waals surface area (Å²) in [4.78, 5) is 16.9. The van der Waals surface area contributed by atoms with Gasteiger partial charge in [0.25, 0.3) is 5.91 Å². The zero-order chi connectivity index (χ0) is 19.8. The lowest BCUT2D eigenvalue weighted by Crippen LogP contribution is -2.15. The number of amides is 1. The second-order valence-corrected chi connectivity index (χ2v) is 7.89. The second kappa shape index (κ2) is 6.98. The minimum Gasteiger partial charge on any atom is -0.359 e. The summed E-state index contributed by atoms with van der Waals surface area (Å²) in [6.07, 6.45) is 0. The Labute approximate surface area is 158 Å². The highest BCUT2D eigenvalue weighted by Crippen LogP contribution is 2.25. The molecule has 0 saturated carbocycles. The fourth-order valence-corrected chi connectivity index (χ4v) is 2.74. The lowest BCUT2D eigenvalue weighted by Gasteiger charge is -2.12. The van der Waals surface area contributed by atoms with E-state index in [0.29, 0.717) is 23.3 Å². The van der Waals surface area contributed by atoms with Crippen molar-refractivity contribution in [2.24, 2.45) is 0 Å². The van der Waals surface area contributed by atoms with Gasteiger partial charge >= 0.3 is 0 Å². The lowest BCUT2D eigenvalue weighted by atomic mass is 9.93. The number of hydrogen-bond acceptors (Lipinski definition) is 5. The third kappa shape index (κ3) is 3.92. The van der Waals surface area contributed by atoms with Crippen molar-refractivity contribution in [3.8, 4) is 5.69 Å². The second-order valence-electron chi connectivity index (χ2n) is 7.89. The first kappa shape index (κ1) is 18.8. The SMILES string of the molecule is Cc1nc(C(=O)Nc2cc(C(C)(C)C)on2)nn1-c1ccccc1C(C)C. The van der Waals surface area contributed by atoms with Gasteiger partial charge in [-0.3, -0.25) is 4.79 Å². The van der Waals surface area contributed by atoms with Crippen LogP contribution in [0.25, 0.3) is 5.69 Å². The van der Waals surface area contributed by atoms with E-state index in [9.17, 15) is 4.79 Å². The Hall–Kier alpha value is -2.96. The molecule has 3 aromatic rings. The number of nitrogens with one attached hydrogen (secondary N) is 1. The van der Waals surface area contributed by atoms with Crippen molar-refractivity contribution in [1.29, 1.82) is 0 Å². The Kier molecular flexibility index (Phi) is 4.87. The molecule has 2 aromatic heterocycles. The summed E-state index contributed by atoms with van der Waals surface area (Å²) >= 11 is 0. The predicted octanol–water partition coefficient (Wildman–Crippen LogP) is 4.24. The lowest BCUT2D eigenvalue weighted by molar-refractivity contribution is 0.101. The maximum Gasteiger partial charge on any atom is 0.296 e. The van der Waals surface area contributed by atoms with Crippen LogP contribution in [-0.4, -0.2) is 25.8 Å². The Bertz CT molecular complexity index is 963. The van der Waals surface area contributed by atoms with Crippen LogP contribution in [0.5, 0.6) is 0 Å². The molecular formula is C20H25N5O2. The van der Waals surface area contributed by atoms with Gasteiger partial charge in [0.05, 0.1) is 5.69 Å². The molecule has 0 spiro atoms. The molecule has 0 aliphatic rings. The monoisotopic (exact) mass is 367 g/mol. The van der Waals surface area contributed by atoms with Crippen LogP contribution in [0.4, 0.5) is 5.82 Å². The predicted molar refractivity (Wildman–Crippen MR) is 103 cm³/mol. The molecule has 142 valence electrons. The van der Waals surface area contributed by atoms with E-state index in [1.165, 1.54) is 0 Å². The molecule has 1 amide bonds. The molecule has 0 unspecified atom stereocenters. The number of anilines is 1. The summed E-state index contributed by atoms with van der Waals surface area (Å²) in [5.74, 6) is 1.68. The molecule has 0 fully saturated rings. The fourth-order valence-electron chi connectivity index (χ4n) is 2.74. The van der Waals surface area contributed by atoms with Crippen molar-refractivity contribution in [1.82, 2.24) is 19.9 Å². The van der Waals surface area contributed by atoms with Gasteiger partial charge in [-0.2, -0.15) is 0 Å². The summed E-state index contributed by atoms with van der Waals surface area (Å²) < 4.78 is 7.00. The van der Waals surface area contributed by atoms with Gasteiger partial charge in [0.15, 0.2) is 5.82 Å². The van der Waals surface area contributed by atoms with Crippen molar-refractivity contribution in [3.05, 3.63) is 53.3 Å². The Balaban J connectivity index is 1.86. The maximum atomic E-state index is 12.6. The standard InChI is InChI=1S/C20H25N5O2/c1-12(2)14-9-7-8-10-15(14)25-13(3)21-18(23-25)19(26)22-17-11-16(27-24-17)20(4,5)6/h7-12H,1-6H3,(H,22,24,26). The molecule has 2 heterocycles. The summed E-state index contributed by atoms with van der Waals surface area (Å²) in [7, 11) is 0. The number of aryl methyl sites for hydroxylation is 1. The van der Waals surface area contributed by atoms with Crippen LogP contribution in [0, 0.1) is 6.92 Å². The molecule has 0 bridgehead atoms. The van der Waals surface area contributed by atoms with Gasteiger partial charge in [-0.1, -0.05) is 58.0 Å². The van der Waals surface area contributed by atoms with Crippen molar-refractivity contribution < 1.29 is 9.32 Å². The normalized spacial score (nSPS) is 11.8. The summed E-state index contributed by atoms with van der Waals surface area (Å²) in [5, 5.41) is 11.0. The van der Waals surface area contributed by atoms with Crippen LogP contribution < -0.4 is 5.32 Å². The minimum atomic E-state index is -0.423. The van der Waals surface area contributed by atoms with Crippen LogP contribution in [0.3, 0.4) is 0 Å². The average Bonchev–Trinajstić information content (AvgIpc) is 3.21. The van der Waals surface area contributed by atoms with E-state index in [0.717, 1.165) is 11.3 Å². The fraction of sp³-hybridized carbons (Fsp3) is 0.400. The van der Waals surface area contributed by atoms with Crippen molar-refractivity contribution in [2.75, 3.05) is 5.32 Å². The van der Waals surface area contributed by atoms with Crippen LogP contribution >= 0.6 is 0 Å². The molecule has 3 rings (SSSR count). The molecule has 0 saturated heterocycles. The number of benzene rings is 1. The van der Waals surface area contributed by atoms with Crippen LogP contribution in [0.2, 0.25) is 0 Å². The van der Waals surface area contributed by atoms with E-state index < -0.39 is 5.91 Å². The molecule has 0 aliphatic carbocycles. The Morgan fingerprint density at radius 1 is 1.22 bits per heavy atom. The first-order chi connectivity index (χ1) is 12.7. The maximum absolute atomic E-state index is 12.6. The van der Waals surface area contributed by atoms with Gasteiger partial charge in [-0.15, -0.1) is 5.10 Å². The van der Waals surface area contributed by atoms with Gasteiger partial charge in [-0.25, -0.2) is 9.67 Å². The van der Waals surface area contributed by atoms with Crippen LogP contribution in [-0.2, 0) is 5.41 Å². The van der Waals surface area contributed by atoms with E-state index in [1.807, 2.05) is 45.9 Å². The van der Waals surface area contributed by atoms with E-state index >= 15 is 0 Å². The molecule has 0 atom stereocenters. The quantitative estimate of drug-likeness (QED) is 0.745. The molecule has 7 heteroatoms. The Morgan fingerprint density at radius 2 is 1.93 bits per heavy atom. The molecule has 0 radical (unpaired) electrons. The topological polar surface area (TPSA) is 85.8 Å². The minimum absolute atomic E-state index is 0.0892. The van der Waals surface area contributed by atoms with Crippen LogP contribution in [0.15, 0.2) is 34.9 Å². The van der Waals surface area contributed by atoms with Crippen LogP contribution in [0.1, 0.15) is 68.3 Å². The molecule has 1 N–H and O–H groups in total. The number of nitrogens with zero attached hydrogens (tertiary/aromatic N) is 4. The van der Waals surface area contributed by atoms with E-state index in [1.54, 1.807) is 10.7 Å². The number of aromatic nitrogens is 4. The highest BCUT2D eigenvalue weighted by molar-refractivity contribution is 6.00. The van der Waals surface area contributed by atoms with E-state index in [4.69, 9.17) is 4.52 Å². The number of carbonyl (C=O) groups excluding carboxylic acids is 1. The van der Waals surface area contributed by atoms with Crippen molar-refractivity contribution in [2.45, 2.75) is 52.9 Å². The van der Waals surface area contributed by atoms with Gasteiger partial charge in [0.2, 0.25) is 5.82 Å². The summed E-state index contributed by atoms with van der Waals surface area (Å²) in [6.45, 7) is 12.1. The van der Waals surface area contributed by atoms with Gasteiger partial charge in [-0.05, 0) is 24.5 Å². The van der Waals surface area contributed by atoms with Gasteiger partial charge < -0.3 is 9.84 Å². The third-order valence-electron chi connectivity index (χ3n) is 4.25. The highest BCUT2D eigenvalue weighted by atomic mass is 16.5. The molecule has 7 nitrogen and oxygen atoms in total. The number of rotatable bonds is 4. The Morgan fingerprint density at radius 3 is 2.56 bits per heavy atom. The molecule has 0 aliphatic heterocycles. The van der Waals surface area contributed by atoms with Crippen molar-refractivity contribution >= 4 is 11.7 Å². The molecular weight excluding hydrogens is 342 g/mol. The number of carbonyl (C=O) groups is 1. The molecule has 27 heavy (non-hydrogen) atoms. The smallest absolute Gasteiger partial charge is 0.296 e. The van der Waals surface area contributed by atoms with Gasteiger partial charge in [0.1, 0.15) is 11.6 Å². The number of hydrogen-bond donors (Lipinski definition) is 1. The number of para-hydroxylation sites is 1. The highest BCUT2D eigenvalue weighted by Gasteiger charge is 2.22. The summed E-state index contributed by atoms with van der Waals surface area (Å²) in [5.41, 5.74) is 1.88. The zero-order valence-electron chi connectivity index (χ0n) is 16.6. The van der Waals surface area contributed by atoms with E-state index in [-0.39, 0.29) is 11.2 Å². The zero-order valence-corrected chi connectivity index (χ0v) is 16.6. The van der Waals surface area contributed by atoms with Crippen molar-refractivity contribution in [3.63, 3.8) is 0 Å². The molecule has 1 aromatic carbocycles. The van der Waals surface area contributed by atoms with E-state index in [2.05, 4.69) is 40.5 Å².